The molecule has 0 saturated heterocycles. The van der Waals surface area contributed by atoms with Crippen molar-refractivity contribution in [3.8, 4) is 0 Å². The molecule has 0 fully saturated rings. The highest BCUT2D eigenvalue weighted by Gasteiger charge is 2.16. The summed E-state index contributed by atoms with van der Waals surface area (Å²) in [5.41, 5.74) is 0. The highest BCUT2D eigenvalue weighted by atomic mass is 16.6. The zero-order valence-electron chi connectivity index (χ0n) is 10.2. The molecule has 0 spiro atoms. The molecule has 0 aromatic heterocycles. The lowest BCUT2D eigenvalue weighted by molar-refractivity contribution is -0.133. The molecule has 0 bridgehead atoms. The van der Waals surface area contributed by atoms with Gasteiger partial charge in [0.1, 0.15) is 13.1 Å². The normalized spacial score (nSPS) is 18.4. The van der Waals surface area contributed by atoms with Crippen molar-refractivity contribution >= 4 is 23.7 Å². The molecule has 0 aliphatic carbocycles. The van der Waals surface area contributed by atoms with Gasteiger partial charge < -0.3 is 9.47 Å². The van der Waals surface area contributed by atoms with E-state index in [1.165, 1.54) is 0 Å². The Kier molecular flexibility index (Phi) is 4.44. The van der Waals surface area contributed by atoms with Crippen LogP contribution >= 0.6 is 0 Å². The molecule has 2 heterocycles. The Morgan fingerprint density at radius 3 is 1.56 bits per heavy atom. The number of carbonyl (C=O) groups is 2. The van der Waals surface area contributed by atoms with Gasteiger partial charge in [0.05, 0.1) is 0 Å². The number of cyclic esters (lactones) is 2. The zero-order chi connectivity index (χ0) is 12.8. The number of esters is 2. The Labute approximate surface area is 105 Å². The van der Waals surface area contributed by atoms with Crippen LogP contribution in [0.25, 0.3) is 0 Å². The second-order valence-corrected chi connectivity index (χ2v) is 4.28. The first kappa shape index (κ1) is 12.7. The predicted molar refractivity (Wildman–Crippen MR) is 64.5 cm³/mol. The van der Waals surface area contributed by atoms with E-state index in [9.17, 15) is 9.59 Å². The van der Waals surface area contributed by atoms with Gasteiger partial charge in [-0.3, -0.25) is 0 Å². The van der Waals surface area contributed by atoms with Crippen LogP contribution in [-0.4, -0.2) is 36.8 Å². The molecule has 2 aliphatic heterocycles. The standard InChI is InChI=1S/C12H16N2O4/c15-11-7-13-9(17-11)5-3-1-2-4-6-10-14-8-12(16)18-10/h1-8H2. The van der Waals surface area contributed by atoms with Crippen LogP contribution in [0.1, 0.15) is 38.5 Å². The first-order chi connectivity index (χ1) is 8.74. The molecule has 0 aromatic carbocycles. The van der Waals surface area contributed by atoms with Gasteiger partial charge in [0.15, 0.2) is 11.8 Å². The first-order valence-corrected chi connectivity index (χ1v) is 6.22. The molecule has 6 nitrogen and oxygen atoms in total. The van der Waals surface area contributed by atoms with E-state index in [4.69, 9.17) is 9.47 Å². The maximum Gasteiger partial charge on any atom is 0.334 e. The van der Waals surface area contributed by atoms with Crippen LogP contribution in [-0.2, 0) is 19.1 Å². The van der Waals surface area contributed by atoms with Crippen molar-refractivity contribution in [1.29, 1.82) is 0 Å². The summed E-state index contributed by atoms with van der Waals surface area (Å²) in [6.45, 7) is 0.334. The third-order valence-electron chi connectivity index (χ3n) is 2.76. The number of rotatable bonds is 7. The second-order valence-electron chi connectivity index (χ2n) is 4.28. The van der Waals surface area contributed by atoms with Crippen molar-refractivity contribution in [2.24, 2.45) is 9.98 Å². The highest BCUT2D eigenvalue weighted by molar-refractivity contribution is 5.95. The summed E-state index contributed by atoms with van der Waals surface area (Å²) in [5, 5.41) is 0. The minimum atomic E-state index is -0.258. The van der Waals surface area contributed by atoms with Crippen molar-refractivity contribution in [1.82, 2.24) is 0 Å². The van der Waals surface area contributed by atoms with Crippen LogP contribution in [0.3, 0.4) is 0 Å². The molecule has 0 radical (unpaired) electrons. The second kappa shape index (κ2) is 6.28. The van der Waals surface area contributed by atoms with Crippen LogP contribution in [0.2, 0.25) is 0 Å². The number of nitrogens with zero attached hydrogens (tertiary/aromatic N) is 2. The lowest BCUT2D eigenvalue weighted by Gasteiger charge is -2.01. The molecule has 0 N–H and O–H groups in total. The van der Waals surface area contributed by atoms with E-state index in [0.717, 1.165) is 38.5 Å². The van der Waals surface area contributed by atoms with Crippen LogP contribution in [0, 0.1) is 0 Å². The molecular formula is C12H16N2O4. The van der Waals surface area contributed by atoms with Crippen molar-refractivity contribution in [2.75, 3.05) is 13.1 Å². The van der Waals surface area contributed by atoms with Crippen molar-refractivity contribution in [3.63, 3.8) is 0 Å². The van der Waals surface area contributed by atoms with Gasteiger partial charge in [-0.15, -0.1) is 0 Å². The maximum atomic E-state index is 10.8. The molecule has 0 unspecified atom stereocenters. The molecule has 2 aliphatic rings. The molecule has 0 amide bonds. The van der Waals surface area contributed by atoms with Gasteiger partial charge in [-0.05, 0) is 12.8 Å². The third kappa shape index (κ3) is 3.94. The van der Waals surface area contributed by atoms with E-state index in [1.54, 1.807) is 0 Å². The Morgan fingerprint density at radius 1 is 0.778 bits per heavy atom. The number of hydrogen-bond donors (Lipinski definition) is 0. The fourth-order valence-electron chi connectivity index (χ4n) is 1.86. The molecule has 18 heavy (non-hydrogen) atoms. The maximum absolute atomic E-state index is 10.8. The summed E-state index contributed by atoms with van der Waals surface area (Å²) < 4.78 is 9.79. The minimum Gasteiger partial charge on any atom is -0.411 e. The van der Waals surface area contributed by atoms with Crippen LogP contribution in [0.4, 0.5) is 0 Å². The van der Waals surface area contributed by atoms with E-state index in [2.05, 4.69) is 9.98 Å². The topological polar surface area (TPSA) is 77.3 Å². The number of unbranched alkanes of at least 4 members (excludes halogenated alkanes) is 3. The Hall–Kier alpha value is -1.72. The van der Waals surface area contributed by atoms with Gasteiger partial charge in [-0.25, -0.2) is 19.6 Å². The van der Waals surface area contributed by atoms with Gasteiger partial charge in [-0.1, -0.05) is 12.8 Å². The van der Waals surface area contributed by atoms with Gasteiger partial charge in [-0.2, -0.15) is 0 Å². The van der Waals surface area contributed by atoms with Crippen LogP contribution in [0.15, 0.2) is 9.98 Å². The number of hydrogen-bond acceptors (Lipinski definition) is 6. The fraction of sp³-hybridized carbons (Fsp3) is 0.667. The summed E-state index contributed by atoms with van der Waals surface area (Å²) >= 11 is 0. The molecule has 0 saturated carbocycles. The fourth-order valence-corrected chi connectivity index (χ4v) is 1.86. The van der Waals surface area contributed by atoms with Crippen LogP contribution in [0.5, 0.6) is 0 Å². The Bertz CT molecular complexity index is 363. The summed E-state index contributed by atoms with van der Waals surface area (Å²) in [7, 11) is 0. The largest absolute Gasteiger partial charge is 0.411 e. The molecule has 0 aromatic rings. The zero-order valence-corrected chi connectivity index (χ0v) is 10.2. The number of carbonyl (C=O) groups excluding carboxylic acids is 2. The highest BCUT2D eigenvalue weighted by Crippen LogP contribution is 2.11. The van der Waals surface area contributed by atoms with E-state index in [1.807, 2.05) is 0 Å². The quantitative estimate of drug-likeness (QED) is 0.504. The SMILES string of the molecule is O=C1CN=C(CCCCCCC2=NCC(=O)O2)O1. The number of ether oxygens (including phenoxy) is 2. The van der Waals surface area contributed by atoms with Gasteiger partial charge in [0.25, 0.3) is 0 Å². The van der Waals surface area contributed by atoms with E-state index < -0.39 is 0 Å². The van der Waals surface area contributed by atoms with E-state index in [0.29, 0.717) is 11.8 Å². The molecular weight excluding hydrogens is 236 g/mol. The van der Waals surface area contributed by atoms with Crippen molar-refractivity contribution in [2.45, 2.75) is 38.5 Å². The smallest absolute Gasteiger partial charge is 0.334 e. The lowest BCUT2D eigenvalue weighted by atomic mass is 10.1. The average Bonchev–Trinajstić information content (AvgIpc) is 2.93. The van der Waals surface area contributed by atoms with Crippen LogP contribution < -0.4 is 0 Å². The Balaban J connectivity index is 1.47. The lowest BCUT2D eigenvalue weighted by Crippen LogP contribution is -2.05. The van der Waals surface area contributed by atoms with Gasteiger partial charge >= 0.3 is 11.9 Å². The molecule has 2 rings (SSSR count). The third-order valence-corrected chi connectivity index (χ3v) is 2.76. The molecule has 6 heteroatoms. The average molecular weight is 252 g/mol. The monoisotopic (exact) mass is 252 g/mol. The van der Waals surface area contributed by atoms with Gasteiger partial charge in [0.2, 0.25) is 0 Å². The minimum absolute atomic E-state index is 0.167. The van der Waals surface area contributed by atoms with E-state index >= 15 is 0 Å². The summed E-state index contributed by atoms with van der Waals surface area (Å²) in [5.74, 6) is 0.611. The van der Waals surface area contributed by atoms with Gasteiger partial charge in [0, 0.05) is 12.8 Å². The number of aliphatic imine (C=N–C) groups is 2. The summed E-state index contributed by atoms with van der Waals surface area (Å²) in [6.07, 6.45) is 5.44. The van der Waals surface area contributed by atoms with Crippen molar-refractivity contribution < 1.29 is 19.1 Å². The van der Waals surface area contributed by atoms with Crippen molar-refractivity contribution in [3.05, 3.63) is 0 Å². The Morgan fingerprint density at radius 2 is 1.22 bits per heavy atom. The molecule has 0 atom stereocenters. The molecule has 98 valence electrons. The summed E-state index contributed by atoms with van der Waals surface area (Å²) in [4.78, 5) is 29.5. The predicted octanol–water partition coefficient (Wildman–Crippen LogP) is 1.24. The van der Waals surface area contributed by atoms with E-state index in [-0.39, 0.29) is 25.0 Å². The summed E-state index contributed by atoms with van der Waals surface area (Å²) in [6, 6.07) is 0. The first-order valence-electron chi connectivity index (χ1n) is 6.22.